The fourth-order valence-corrected chi connectivity index (χ4v) is 0.561. The highest BCUT2D eigenvalue weighted by molar-refractivity contribution is 5.68. The quantitative estimate of drug-likeness (QED) is 0.557. The van der Waals surface area contributed by atoms with Crippen LogP contribution in [0.2, 0.25) is 0 Å². The zero-order valence-corrected chi connectivity index (χ0v) is 6.89. The van der Waals surface area contributed by atoms with E-state index in [2.05, 4.69) is 0 Å². The topological polar surface area (TPSA) is 29.5 Å². The maximum Gasteiger partial charge on any atom is 0.324 e. The Balaban J connectivity index is 3.52. The van der Waals surface area contributed by atoms with Crippen molar-refractivity contribution in [1.82, 2.24) is 5.06 Å². The van der Waals surface area contributed by atoms with Gasteiger partial charge in [0.05, 0.1) is 0 Å². The molecule has 0 aromatic heterocycles. The average molecular weight is 145 g/mol. The van der Waals surface area contributed by atoms with Crippen LogP contribution in [-0.4, -0.2) is 24.1 Å². The van der Waals surface area contributed by atoms with E-state index in [9.17, 15) is 4.79 Å². The van der Waals surface area contributed by atoms with Crippen molar-refractivity contribution in [2.24, 2.45) is 0 Å². The fraction of sp³-hybridized carbons (Fsp3) is 0.857. The molecule has 3 heteroatoms. The third-order valence-corrected chi connectivity index (χ3v) is 1.23. The minimum absolute atomic E-state index is 0.163. The summed E-state index contributed by atoms with van der Waals surface area (Å²) in [5.74, 6) is -0.163. The molecule has 0 N–H and O–H groups in total. The van der Waals surface area contributed by atoms with Crippen molar-refractivity contribution in [1.29, 1.82) is 0 Å². The molecule has 10 heavy (non-hydrogen) atoms. The van der Waals surface area contributed by atoms with Gasteiger partial charge in [-0.3, -0.25) is 4.79 Å². The van der Waals surface area contributed by atoms with E-state index in [-0.39, 0.29) is 5.97 Å². The first-order valence-corrected chi connectivity index (χ1v) is 3.70. The van der Waals surface area contributed by atoms with Gasteiger partial charge in [0.25, 0.3) is 0 Å². The predicted octanol–water partition coefficient (Wildman–Crippen LogP) is 1.20. The smallest absolute Gasteiger partial charge is 0.324 e. The lowest BCUT2D eigenvalue weighted by molar-refractivity contribution is -0.188. The molecule has 0 aliphatic carbocycles. The van der Waals surface area contributed by atoms with E-state index in [0.29, 0.717) is 6.42 Å². The fourth-order valence-electron chi connectivity index (χ4n) is 0.561. The molecule has 3 nitrogen and oxygen atoms in total. The Bertz CT molecular complexity index is 99.8. The second-order valence-electron chi connectivity index (χ2n) is 1.93. The van der Waals surface area contributed by atoms with Crippen molar-refractivity contribution in [3.05, 3.63) is 0 Å². The van der Waals surface area contributed by atoms with E-state index in [1.165, 1.54) is 0 Å². The maximum atomic E-state index is 10.7. The largest absolute Gasteiger partial charge is 0.368 e. The Morgan fingerprint density at radius 2 is 1.80 bits per heavy atom. The van der Waals surface area contributed by atoms with Crippen LogP contribution in [0.5, 0.6) is 0 Å². The van der Waals surface area contributed by atoms with Gasteiger partial charge in [0.15, 0.2) is 0 Å². The van der Waals surface area contributed by atoms with Crippen molar-refractivity contribution >= 4 is 5.97 Å². The first-order chi connectivity index (χ1) is 4.74. The molecule has 0 fully saturated rings. The van der Waals surface area contributed by atoms with Crippen LogP contribution in [0.15, 0.2) is 0 Å². The molecule has 0 aliphatic rings. The van der Waals surface area contributed by atoms with Gasteiger partial charge in [-0.15, -0.1) is 5.06 Å². The van der Waals surface area contributed by atoms with E-state index < -0.39 is 0 Å². The van der Waals surface area contributed by atoms with Crippen LogP contribution in [0.4, 0.5) is 0 Å². The van der Waals surface area contributed by atoms with Crippen LogP contribution < -0.4 is 0 Å². The van der Waals surface area contributed by atoms with E-state index in [0.717, 1.165) is 13.1 Å². The molecule has 0 aliphatic heterocycles. The number of hydrogen-bond donors (Lipinski definition) is 0. The molecule has 0 aromatic rings. The van der Waals surface area contributed by atoms with Gasteiger partial charge in [-0.2, -0.15) is 0 Å². The van der Waals surface area contributed by atoms with Crippen LogP contribution in [-0.2, 0) is 9.63 Å². The monoisotopic (exact) mass is 145 g/mol. The number of carbonyl (C=O) groups excluding carboxylic acids is 1. The number of nitrogens with zero attached hydrogens (tertiary/aromatic N) is 1. The van der Waals surface area contributed by atoms with Crippen molar-refractivity contribution in [2.75, 3.05) is 13.1 Å². The van der Waals surface area contributed by atoms with Gasteiger partial charge < -0.3 is 4.84 Å². The van der Waals surface area contributed by atoms with Crippen molar-refractivity contribution < 1.29 is 9.63 Å². The lowest BCUT2D eigenvalue weighted by atomic mass is 10.5. The zero-order chi connectivity index (χ0) is 7.98. The van der Waals surface area contributed by atoms with E-state index in [4.69, 9.17) is 4.84 Å². The summed E-state index contributed by atoms with van der Waals surface area (Å²) in [6.07, 6.45) is 0.441. The van der Waals surface area contributed by atoms with Crippen LogP contribution >= 0.6 is 0 Å². The molecule has 60 valence electrons. The van der Waals surface area contributed by atoms with Gasteiger partial charge in [-0.25, -0.2) is 0 Å². The van der Waals surface area contributed by atoms with Crippen LogP contribution in [0, 0.1) is 0 Å². The van der Waals surface area contributed by atoms with E-state index >= 15 is 0 Å². The van der Waals surface area contributed by atoms with Gasteiger partial charge in [-0.05, 0) is 13.8 Å². The Hall–Kier alpha value is -0.570. The summed E-state index contributed by atoms with van der Waals surface area (Å²) in [5.41, 5.74) is 0. The standard InChI is InChI=1S/C7H15NO2/c1-4-7(9)10-8(5-2)6-3/h4-6H2,1-3H3. The summed E-state index contributed by atoms with van der Waals surface area (Å²) in [6, 6.07) is 0. The molecule has 0 aromatic carbocycles. The second-order valence-corrected chi connectivity index (χ2v) is 1.93. The Kier molecular flexibility index (Phi) is 4.94. The number of rotatable bonds is 4. The van der Waals surface area contributed by atoms with Gasteiger partial charge in [0.2, 0.25) is 0 Å². The molecule has 0 rings (SSSR count). The van der Waals surface area contributed by atoms with Gasteiger partial charge in [0, 0.05) is 19.5 Å². The normalized spacial score (nSPS) is 10.0. The first-order valence-electron chi connectivity index (χ1n) is 3.70. The maximum absolute atomic E-state index is 10.7. The molecule has 0 bridgehead atoms. The van der Waals surface area contributed by atoms with Gasteiger partial charge in [-0.1, -0.05) is 6.92 Å². The van der Waals surface area contributed by atoms with Crippen molar-refractivity contribution in [3.63, 3.8) is 0 Å². The first kappa shape index (κ1) is 9.43. The van der Waals surface area contributed by atoms with E-state index in [1.807, 2.05) is 13.8 Å². The number of hydroxylamine groups is 2. The number of carbonyl (C=O) groups is 1. The molecule has 0 saturated heterocycles. The molecule has 0 radical (unpaired) electrons. The lowest BCUT2D eigenvalue weighted by Crippen LogP contribution is -2.26. The zero-order valence-electron chi connectivity index (χ0n) is 6.89. The molecule has 0 spiro atoms. The molecule has 0 amide bonds. The summed E-state index contributed by atoms with van der Waals surface area (Å²) < 4.78 is 0. The van der Waals surface area contributed by atoms with E-state index in [1.54, 1.807) is 12.0 Å². The average Bonchev–Trinajstić information content (AvgIpc) is 1.99. The minimum Gasteiger partial charge on any atom is -0.368 e. The van der Waals surface area contributed by atoms with Crippen molar-refractivity contribution in [2.45, 2.75) is 27.2 Å². The Morgan fingerprint density at radius 3 is 2.10 bits per heavy atom. The third kappa shape index (κ3) is 3.45. The minimum atomic E-state index is -0.163. The number of hydrogen-bond acceptors (Lipinski definition) is 3. The third-order valence-electron chi connectivity index (χ3n) is 1.23. The molecular weight excluding hydrogens is 130 g/mol. The Labute approximate surface area is 61.9 Å². The van der Waals surface area contributed by atoms with Gasteiger partial charge >= 0.3 is 5.97 Å². The second kappa shape index (κ2) is 5.23. The molecule has 0 atom stereocenters. The van der Waals surface area contributed by atoms with Crippen LogP contribution in [0.25, 0.3) is 0 Å². The SMILES string of the molecule is CCC(=O)ON(CC)CC. The lowest BCUT2D eigenvalue weighted by Gasteiger charge is -2.16. The molecule has 0 saturated carbocycles. The van der Waals surface area contributed by atoms with Gasteiger partial charge in [0.1, 0.15) is 0 Å². The van der Waals surface area contributed by atoms with Crippen molar-refractivity contribution in [3.8, 4) is 0 Å². The van der Waals surface area contributed by atoms with Crippen LogP contribution in [0.3, 0.4) is 0 Å². The summed E-state index contributed by atoms with van der Waals surface area (Å²) in [5, 5.41) is 1.63. The summed E-state index contributed by atoms with van der Waals surface area (Å²) >= 11 is 0. The Morgan fingerprint density at radius 1 is 1.30 bits per heavy atom. The molecule has 0 unspecified atom stereocenters. The summed E-state index contributed by atoms with van der Waals surface area (Å²) in [6.45, 7) is 7.19. The molecule has 0 heterocycles. The highest BCUT2D eigenvalue weighted by Crippen LogP contribution is 1.91. The predicted molar refractivity (Wildman–Crippen MR) is 39.3 cm³/mol. The van der Waals surface area contributed by atoms with Crippen LogP contribution in [0.1, 0.15) is 27.2 Å². The highest BCUT2D eigenvalue weighted by atomic mass is 16.7. The summed E-state index contributed by atoms with van der Waals surface area (Å²) in [4.78, 5) is 15.6. The summed E-state index contributed by atoms with van der Waals surface area (Å²) in [7, 11) is 0. The highest BCUT2D eigenvalue weighted by Gasteiger charge is 2.03. The molecular formula is C7H15NO2.